The molecule has 1 amide bonds. The van der Waals surface area contributed by atoms with E-state index in [2.05, 4.69) is 63.0 Å². The van der Waals surface area contributed by atoms with E-state index in [1.807, 2.05) is 0 Å². The highest BCUT2D eigenvalue weighted by Crippen LogP contribution is 2.24. The molecule has 4 rings (SSSR count). The van der Waals surface area contributed by atoms with Gasteiger partial charge in [-0.2, -0.15) is 5.10 Å². The van der Waals surface area contributed by atoms with E-state index in [0.717, 1.165) is 56.7 Å². The highest BCUT2D eigenvalue weighted by molar-refractivity contribution is 5.94. The maximum Gasteiger partial charge on any atom is 0.272 e. The molecule has 6 nitrogen and oxygen atoms in total. The van der Waals surface area contributed by atoms with Crippen LogP contribution in [0.3, 0.4) is 0 Å². The quantitative estimate of drug-likeness (QED) is 0.786. The van der Waals surface area contributed by atoms with Crippen LogP contribution in [-0.2, 0) is 13.0 Å². The number of hydrogen-bond donors (Lipinski definition) is 3. The molecule has 3 heterocycles. The van der Waals surface area contributed by atoms with Gasteiger partial charge in [-0.05, 0) is 25.3 Å². The van der Waals surface area contributed by atoms with Crippen LogP contribution in [0.4, 0.5) is 0 Å². The number of hydrogen-bond acceptors (Lipinski definition) is 4. The molecule has 2 aliphatic rings. The molecule has 0 saturated carbocycles. The topological polar surface area (TPSA) is 73.0 Å². The number of aromatic nitrogens is 2. The number of fused-ring (bicyclic) bond motifs is 1. The largest absolute Gasteiger partial charge is 0.348 e. The fourth-order valence-electron chi connectivity index (χ4n) is 4.04. The molecule has 26 heavy (non-hydrogen) atoms. The van der Waals surface area contributed by atoms with Gasteiger partial charge in [0, 0.05) is 55.9 Å². The first-order valence-corrected chi connectivity index (χ1v) is 9.59. The minimum Gasteiger partial charge on any atom is -0.348 e. The Morgan fingerprint density at radius 2 is 2.04 bits per heavy atom. The highest BCUT2D eigenvalue weighted by Gasteiger charge is 2.27. The Hall–Kier alpha value is -2.18. The summed E-state index contributed by atoms with van der Waals surface area (Å²) in [6.07, 6.45) is 2.87. The molecule has 1 aromatic heterocycles. The summed E-state index contributed by atoms with van der Waals surface area (Å²) in [6, 6.07) is 11.3. The van der Waals surface area contributed by atoms with Crippen LogP contribution in [-0.4, -0.2) is 46.7 Å². The Morgan fingerprint density at radius 1 is 1.27 bits per heavy atom. The van der Waals surface area contributed by atoms with E-state index in [0.29, 0.717) is 11.7 Å². The van der Waals surface area contributed by atoms with Crippen molar-refractivity contribution in [3.63, 3.8) is 0 Å². The van der Waals surface area contributed by atoms with Crippen LogP contribution in [0.2, 0.25) is 0 Å². The van der Waals surface area contributed by atoms with Crippen molar-refractivity contribution >= 4 is 5.91 Å². The number of piperidine rings is 1. The summed E-state index contributed by atoms with van der Waals surface area (Å²) in [5.41, 5.74) is 4.04. The maximum absolute atomic E-state index is 12.6. The molecular formula is C20H27N5O. The molecule has 6 heteroatoms. The van der Waals surface area contributed by atoms with E-state index >= 15 is 0 Å². The Bertz CT molecular complexity index is 749. The molecular weight excluding hydrogens is 326 g/mol. The number of carbonyl (C=O) groups is 1. The van der Waals surface area contributed by atoms with E-state index in [9.17, 15) is 4.79 Å². The van der Waals surface area contributed by atoms with Crippen molar-refractivity contribution in [2.24, 2.45) is 0 Å². The molecule has 138 valence electrons. The van der Waals surface area contributed by atoms with Crippen molar-refractivity contribution in [3.8, 4) is 0 Å². The predicted molar refractivity (Wildman–Crippen MR) is 101 cm³/mol. The SMILES string of the molecule is CC(c1ccccc1)N1CCC(NC(=O)c2n[nH]c3c2CNCC3)CC1. The van der Waals surface area contributed by atoms with Crippen molar-refractivity contribution in [1.82, 2.24) is 25.7 Å². The average molecular weight is 353 g/mol. The van der Waals surface area contributed by atoms with E-state index in [-0.39, 0.29) is 11.9 Å². The van der Waals surface area contributed by atoms with Crippen molar-refractivity contribution in [2.45, 2.75) is 44.8 Å². The predicted octanol–water partition coefficient (Wildman–Crippen LogP) is 2.01. The molecule has 1 unspecified atom stereocenters. The van der Waals surface area contributed by atoms with Crippen LogP contribution < -0.4 is 10.6 Å². The van der Waals surface area contributed by atoms with Crippen LogP contribution in [0.1, 0.15) is 53.1 Å². The number of nitrogens with one attached hydrogen (secondary N) is 3. The number of amides is 1. The Balaban J connectivity index is 1.32. The third-order valence-corrected chi connectivity index (χ3v) is 5.72. The molecule has 1 aromatic carbocycles. The number of likely N-dealkylation sites (tertiary alicyclic amines) is 1. The van der Waals surface area contributed by atoms with E-state index in [1.165, 1.54) is 5.56 Å². The first kappa shape index (κ1) is 17.2. The highest BCUT2D eigenvalue weighted by atomic mass is 16.2. The van der Waals surface area contributed by atoms with Gasteiger partial charge in [-0.25, -0.2) is 0 Å². The summed E-state index contributed by atoms with van der Waals surface area (Å²) in [7, 11) is 0. The Kier molecular flexibility index (Phi) is 5.04. The Morgan fingerprint density at radius 3 is 2.81 bits per heavy atom. The lowest BCUT2D eigenvalue weighted by molar-refractivity contribution is 0.0890. The number of aromatic amines is 1. The lowest BCUT2D eigenvalue weighted by Gasteiger charge is -2.36. The zero-order chi connectivity index (χ0) is 17.9. The molecule has 1 saturated heterocycles. The average Bonchev–Trinajstić information content (AvgIpc) is 3.13. The third kappa shape index (κ3) is 3.52. The van der Waals surface area contributed by atoms with Crippen molar-refractivity contribution < 1.29 is 4.79 Å². The molecule has 0 bridgehead atoms. The molecule has 2 aromatic rings. The lowest BCUT2D eigenvalue weighted by atomic mass is 9.99. The van der Waals surface area contributed by atoms with Crippen molar-refractivity contribution in [2.75, 3.05) is 19.6 Å². The minimum absolute atomic E-state index is 0.0410. The number of benzene rings is 1. The fourth-order valence-corrected chi connectivity index (χ4v) is 4.04. The second-order valence-corrected chi connectivity index (χ2v) is 7.33. The van der Waals surface area contributed by atoms with Gasteiger partial charge in [0.1, 0.15) is 0 Å². The summed E-state index contributed by atoms with van der Waals surface area (Å²) in [5, 5.41) is 13.8. The van der Waals surface area contributed by atoms with Crippen LogP contribution in [0.25, 0.3) is 0 Å². The van der Waals surface area contributed by atoms with Crippen molar-refractivity contribution in [1.29, 1.82) is 0 Å². The smallest absolute Gasteiger partial charge is 0.272 e. The normalized spacial score (nSPS) is 19.7. The standard InChI is InChI=1S/C20H27N5O/c1-14(15-5-3-2-4-6-15)25-11-8-16(9-12-25)22-20(26)19-17-13-21-10-7-18(17)23-24-19/h2-6,14,16,21H,7-13H2,1H3,(H,22,26)(H,23,24). The fraction of sp³-hybridized carbons (Fsp3) is 0.500. The van der Waals surface area contributed by atoms with Crippen LogP contribution in [0.5, 0.6) is 0 Å². The zero-order valence-electron chi connectivity index (χ0n) is 15.3. The molecule has 3 N–H and O–H groups in total. The van der Waals surface area contributed by atoms with Crippen molar-refractivity contribution in [3.05, 3.63) is 52.8 Å². The molecule has 2 aliphatic heterocycles. The van der Waals surface area contributed by atoms with Crippen LogP contribution >= 0.6 is 0 Å². The molecule has 0 aliphatic carbocycles. The first-order valence-electron chi connectivity index (χ1n) is 9.59. The summed E-state index contributed by atoms with van der Waals surface area (Å²) in [5.74, 6) is -0.0410. The van der Waals surface area contributed by atoms with Gasteiger partial charge in [0.2, 0.25) is 0 Å². The first-order chi connectivity index (χ1) is 12.7. The summed E-state index contributed by atoms with van der Waals surface area (Å²) >= 11 is 0. The number of rotatable bonds is 4. The van der Waals surface area contributed by atoms with Gasteiger partial charge in [0.15, 0.2) is 5.69 Å². The van der Waals surface area contributed by atoms with Gasteiger partial charge in [0.25, 0.3) is 5.91 Å². The zero-order valence-corrected chi connectivity index (χ0v) is 15.3. The minimum atomic E-state index is -0.0410. The second-order valence-electron chi connectivity index (χ2n) is 7.33. The van der Waals surface area contributed by atoms with Gasteiger partial charge >= 0.3 is 0 Å². The van der Waals surface area contributed by atoms with Gasteiger partial charge in [-0.15, -0.1) is 0 Å². The van der Waals surface area contributed by atoms with Gasteiger partial charge < -0.3 is 10.6 Å². The summed E-state index contributed by atoms with van der Waals surface area (Å²) in [4.78, 5) is 15.1. The lowest BCUT2D eigenvalue weighted by Crippen LogP contribution is -2.45. The van der Waals surface area contributed by atoms with Gasteiger partial charge in [0.05, 0.1) is 0 Å². The second kappa shape index (κ2) is 7.60. The third-order valence-electron chi connectivity index (χ3n) is 5.72. The molecule has 1 atom stereocenters. The number of H-pyrrole nitrogens is 1. The summed E-state index contributed by atoms with van der Waals surface area (Å²) < 4.78 is 0. The molecule has 0 radical (unpaired) electrons. The van der Waals surface area contributed by atoms with Crippen LogP contribution in [0.15, 0.2) is 30.3 Å². The van der Waals surface area contributed by atoms with E-state index < -0.39 is 0 Å². The molecule has 0 spiro atoms. The van der Waals surface area contributed by atoms with Gasteiger partial charge in [-0.1, -0.05) is 30.3 Å². The maximum atomic E-state index is 12.6. The van der Waals surface area contributed by atoms with E-state index in [4.69, 9.17) is 0 Å². The Labute approximate surface area is 154 Å². The van der Waals surface area contributed by atoms with Gasteiger partial charge in [-0.3, -0.25) is 14.8 Å². The number of carbonyl (C=O) groups excluding carboxylic acids is 1. The molecule has 1 fully saturated rings. The monoisotopic (exact) mass is 353 g/mol. The van der Waals surface area contributed by atoms with Crippen LogP contribution in [0, 0.1) is 0 Å². The van der Waals surface area contributed by atoms with E-state index in [1.54, 1.807) is 0 Å². The number of nitrogens with zero attached hydrogens (tertiary/aromatic N) is 2. The summed E-state index contributed by atoms with van der Waals surface area (Å²) in [6.45, 7) is 5.93.